The molecule has 0 atom stereocenters. The van der Waals surface area contributed by atoms with E-state index in [1.54, 1.807) is 19.3 Å². The summed E-state index contributed by atoms with van der Waals surface area (Å²) in [7, 11) is 1.77. The third-order valence-electron chi connectivity index (χ3n) is 3.66. The van der Waals surface area contributed by atoms with Gasteiger partial charge in [-0.15, -0.1) is 24.0 Å². The molecule has 0 amide bonds. The van der Waals surface area contributed by atoms with Crippen molar-refractivity contribution in [2.24, 2.45) is 10.9 Å². The molecule has 0 spiro atoms. The van der Waals surface area contributed by atoms with Gasteiger partial charge in [0.15, 0.2) is 5.96 Å². The van der Waals surface area contributed by atoms with Crippen LogP contribution in [-0.4, -0.2) is 31.1 Å². The quantitative estimate of drug-likeness (QED) is 0.245. The summed E-state index contributed by atoms with van der Waals surface area (Å²) in [5.74, 6) is 2.17. The molecule has 2 N–H and O–H groups in total. The molecule has 1 aromatic carbocycles. The van der Waals surface area contributed by atoms with Crippen LogP contribution in [0, 0.1) is 5.92 Å². The lowest BCUT2D eigenvalue weighted by molar-refractivity contribution is 0.271. The Morgan fingerprint density at radius 3 is 2.67 bits per heavy atom. The first-order valence-electron chi connectivity index (χ1n) is 8.83. The van der Waals surface area contributed by atoms with Gasteiger partial charge in [0, 0.05) is 26.3 Å². The van der Waals surface area contributed by atoms with Crippen LogP contribution in [0.3, 0.4) is 0 Å². The molecule has 0 unspecified atom stereocenters. The first kappa shape index (κ1) is 23.5. The monoisotopic (exact) mass is 502 g/mol. The van der Waals surface area contributed by atoms with Crippen molar-refractivity contribution in [3.8, 4) is 5.75 Å². The van der Waals surface area contributed by atoms with Crippen molar-refractivity contribution < 1.29 is 4.74 Å². The standard InChI is InChI=1S/C20H27ClN4O.HI/c1-15(2)14-26-18-6-4-5-17(11-18)13-25-20(22-3)23-10-9-16-7-8-19(21)24-12-16;/h4-8,11-12,15H,9-10,13-14H2,1-3H3,(H2,22,23,25);1H. The second-order valence-corrected chi connectivity index (χ2v) is 6.83. The summed E-state index contributed by atoms with van der Waals surface area (Å²) in [6.07, 6.45) is 2.65. The number of nitrogens with one attached hydrogen (secondary N) is 2. The molecule has 7 heteroatoms. The summed E-state index contributed by atoms with van der Waals surface area (Å²) in [5, 5.41) is 7.14. The number of ether oxygens (including phenoxy) is 1. The van der Waals surface area contributed by atoms with Crippen LogP contribution in [0.2, 0.25) is 5.15 Å². The van der Waals surface area contributed by atoms with E-state index in [1.165, 1.54) is 0 Å². The highest BCUT2D eigenvalue weighted by atomic mass is 127. The average Bonchev–Trinajstić information content (AvgIpc) is 2.64. The van der Waals surface area contributed by atoms with E-state index in [0.29, 0.717) is 17.6 Å². The molecule has 2 aromatic rings. The maximum absolute atomic E-state index is 5.80. The zero-order valence-electron chi connectivity index (χ0n) is 16.0. The maximum atomic E-state index is 5.80. The molecule has 27 heavy (non-hydrogen) atoms. The number of benzene rings is 1. The average molecular weight is 503 g/mol. The van der Waals surface area contributed by atoms with Crippen LogP contribution in [0.4, 0.5) is 0 Å². The first-order valence-corrected chi connectivity index (χ1v) is 9.21. The number of hydrogen-bond donors (Lipinski definition) is 2. The predicted octanol–water partition coefficient (Wildman–Crippen LogP) is 4.30. The molecule has 0 radical (unpaired) electrons. The topological polar surface area (TPSA) is 58.5 Å². The van der Waals surface area contributed by atoms with E-state index >= 15 is 0 Å². The molecule has 0 fully saturated rings. The molecule has 0 saturated heterocycles. The van der Waals surface area contributed by atoms with Crippen LogP contribution in [0.1, 0.15) is 25.0 Å². The van der Waals surface area contributed by atoms with Crippen LogP contribution in [0.5, 0.6) is 5.75 Å². The van der Waals surface area contributed by atoms with Crippen molar-refractivity contribution in [3.63, 3.8) is 0 Å². The Kier molecular flexibility index (Phi) is 11.1. The second kappa shape index (κ2) is 12.8. The molecular weight excluding hydrogens is 475 g/mol. The maximum Gasteiger partial charge on any atom is 0.191 e. The SMILES string of the molecule is CN=C(NCCc1ccc(Cl)nc1)NCc1cccc(OCC(C)C)c1.I. The van der Waals surface area contributed by atoms with Crippen molar-refractivity contribution in [3.05, 3.63) is 58.9 Å². The van der Waals surface area contributed by atoms with Crippen LogP contribution < -0.4 is 15.4 Å². The molecule has 1 heterocycles. The largest absolute Gasteiger partial charge is 0.493 e. The number of aliphatic imine (C=N–C) groups is 1. The van der Waals surface area contributed by atoms with Gasteiger partial charge < -0.3 is 15.4 Å². The fourth-order valence-corrected chi connectivity index (χ4v) is 2.41. The fourth-order valence-electron chi connectivity index (χ4n) is 2.29. The van der Waals surface area contributed by atoms with Crippen molar-refractivity contribution in [1.29, 1.82) is 0 Å². The predicted molar refractivity (Wildman–Crippen MR) is 123 cm³/mol. The van der Waals surface area contributed by atoms with Crippen LogP contribution in [-0.2, 0) is 13.0 Å². The van der Waals surface area contributed by atoms with Gasteiger partial charge in [-0.1, -0.05) is 43.6 Å². The summed E-state index contributed by atoms with van der Waals surface area (Å²) < 4.78 is 5.77. The molecule has 5 nitrogen and oxygen atoms in total. The van der Waals surface area contributed by atoms with Gasteiger partial charge in [-0.25, -0.2) is 4.98 Å². The van der Waals surface area contributed by atoms with Gasteiger partial charge in [0.05, 0.1) is 6.61 Å². The first-order chi connectivity index (χ1) is 12.6. The van der Waals surface area contributed by atoms with Gasteiger partial charge in [0.1, 0.15) is 10.9 Å². The lowest BCUT2D eigenvalue weighted by Gasteiger charge is -2.13. The normalized spacial score (nSPS) is 11.1. The second-order valence-electron chi connectivity index (χ2n) is 6.44. The highest BCUT2D eigenvalue weighted by molar-refractivity contribution is 14.0. The number of guanidine groups is 1. The summed E-state index contributed by atoms with van der Waals surface area (Å²) in [6, 6.07) is 11.9. The van der Waals surface area contributed by atoms with Gasteiger partial charge in [-0.3, -0.25) is 4.99 Å². The van der Waals surface area contributed by atoms with Crippen molar-refractivity contribution in [1.82, 2.24) is 15.6 Å². The summed E-state index contributed by atoms with van der Waals surface area (Å²) >= 11 is 5.80. The molecule has 0 aliphatic rings. The lowest BCUT2D eigenvalue weighted by Crippen LogP contribution is -2.37. The van der Waals surface area contributed by atoms with Gasteiger partial charge in [0.25, 0.3) is 0 Å². The number of nitrogens with zero attached hydrogens (tertiary/aromatic N) is 2. The number of aromatic nitrogens is 1. The van der Waals surface area contributed by atoms with E-state index in [4.69, 9.17) is 16.3 Å². The molecule has 0 aliphatic heterocycles. The molecule has 0 bridgehead atoms. The third kappa shape index (κ3) is 9.28. The fraction of sp³-hybridized carbons (Fsp3) is 0.400. The van der Waals surface area contributed by atoms with Gasteiger partial charge >= 0.3 is 0 Å². The third-order valence-corrected chi connectivity index (χ3v) is 3.88. The number of rotatable bonds is 8. The number of hydrogen-bond acceptors (Lipinski definition) is 3. The zero-order valence-corrected chi connectivity index (χ0v) is 19.1. The molecule has 2 rings (SSSR count). The van der Waals surface area contributed by atoms with Crippen molar-refractivity contribution >= 4 is 41.5 Å². The number of pyridine rings is 1. The van der Waals surface area contributed by atoms with Gasteiger partial charge in [-0.05, 0) is 41.7 Å². The van der Waals surface area contributed by atoms with Gasteiger partial charge in [0.2, 0.25) is 0 Å². The molecule has 0 saturated carbocycles. The minimum atomic E-state index is 0. The lowest BCUT2D eigenvalue weighted by atomic mass is 10.2. The van der Waals surface area contributed by atoms with E-state index in [9.17, 15) is 0 Å². The minimum Gasteiger partial charge on any atom is -0.493 e. The van der Waals surface area contributed by atoms with Gasteiger partial charge in [-0.2, -0.15) is 0 Å². The Labute approximate surface area is 184 Å². The molecular formula is C20H28ClIN4O. The zero-order chi connectivity index (χ0) is 18.8. The minimum absolute atomic E-state index is 0. The smallest absolute Gasteiger partial charge is 0.191 e. The Morgan fingerprint density at radius 1 is 1.19 bits per heavy atom. The Morgan fingerprint density at radius 2 is 2.00 bits per heavy atom. The van der Waals surface area contributed by atoms with Crippen molar-refractivity contribution in [2.75, 3.05) is 20.2 Å². The van der Waals surface area contributed by atoms with E-state index in [1.807, 2.05) is 18.2 Å². The summed E-state index contributed by atoms with van der Waals surface area (Å²) in [6.45, 7) is 6.45. The van der Waals surface area contributed by atoms with Crippen LogP contribution >= 0.6 is 35.6 Å². The molecule has 148 valence electrons. The highest BCUT2D eigenvalue weighted by Crippen LogP contribution is 2.14. The van der Waals surface area contributed by atoms with E-state index < -0.39 is 0 Å². The summed E-state index contributed by atoms with van der Waals surface area (Å²) in [4.78, 5) is 8.34. The van der Waals surface area contributed by atoms with Crippen molar-refractivity contribution in [2.45, 2.75) is 26.8 Å². The van der Waals surface area contributed by atoms with E-state index in [2.05, 4.69) is 46.6 Å². The van der Waals surface area contributed by atoms with E-state index in [-0.39, 0.29) is 24.0 Å². The molecule has 1 aromatic heterocycles. The highest BCUT2D eigenvalue weighted by Gasteiger charge is 2.02. The molecule has 0 aliphatic carbocycles. The number of halogens is 2. The summed E-state index contributed by atoms with van der Waals surface area (Å²) in [5.41, 5.74) is 2.28. The Bertz CT molecular complexity index is 707. The Hall–Kier alpha value is -1.54. The van der Waals surface area contributed by atoms with Crippen LogP contribution in [0.15, 0.2) is 47.6 Å². The Balaban J connectivity index is 0.00000364. The van der Waals surface area contributed by atoms with Crippen LogP contribution in [0.25, 0.3) is 0 Å². The van der Waals surface area contributed by atoms with E-state index in [0.717, 1.165) is 42.4 Å².